The maximum atomic E-state index is 13.2. The first-order valence-electron chi connectivity index (χ1n) is 8.39. The first-order chi connectivity index (χ1) is 14.1. The van der Waals surface area contributed by atoms with E-state index in [1.807, 2.05) is 35.0 Å². The van der Waals surface area contributed by atoms with Crippen molar-refractivity contribution in [3.05, 3.63) is 56.0 Å². The Balaban J connectivity index is 1.84. The van der Waals surface area contributed by atoms with Gasteiger partial charge in [-0.15, -0.1) is 32.9 Å². The molecule has 0 aliphatic heterocycles. The van der Waals surface area contributed by atoms with Gasteiger partial charge in [-0.25, -0.2) is 9.38 Å². The number of anilines is 2. The van der Waals surface area contributed by atoms with Crippen molar-refractivity contribution in [1.29, 1.82) is 0 Å². The molecule has 0 bridgehead atoms. The molecule has 9 nitrogen and oxygen atoms in total. The first kappa shape index (κ1) is 17.4. The van der Waals surface area contributed by atoms with E-state index in [-0.39, 0.29) is 28.9 Å². The van der Waals surface area contributed by atoms with Gasteiger partial charge in [0.2, 0.25) is 5.95 Å². The highest BCUT2D eigenvalue weighted by molar-refractivity contribution is 7.13. The summed E-state index contributed by atoms with van der Waals surface area (Å²) in [5.74, 6) is 0.209. The summed E-state index contributed by atoms with van der Waals surface area (Å²) in [7, 11) is 0. The Morgan fingerprint density at radius 1 is 0.966 bits per heavy atom. The molecule has 5 aromatic rings. The molecule has 0 atom stereocenters. The van der Waals surface area contributed by atoms with Gasteiger partial charge in [0.1, 0.15) is 5.82 Å². The minimum atomic E-state index is -0.421. The number of hydrogen-bond acceptors (Lipinski definition) is 10. The van der Waals surface area contributed by atoms with Crippen molar-refractivity contribution < 1.29 is 0 Å². The molecule has 0 amide bonds. The van der Waals surface area contributed by atoms with Crippen LogP contribution in [0.1, 0.15) is 10.6 Å². The Kier molecular flexibility index (Phi) is 4.03. The number of hydrogen-bond donors (Lipinski definition) is 2. The van der Waals surface area contributed by atoms with E-state index >= 15 is 0 Å². The third kappa shape index (κ3) is 2.92. The molecule has 5 aromatic heterocycles. The molecule has 0 fully saturated rings. The number of fused-ring (bicyclic) bond motifs is 3. The predicted molar refractivity (Wildman–Crippen MR) is 116 cm³/mol. The SMILES string of the molecule is Nc1nc(N)c2c(-c3cccs3)nc3nnc(/C=C/c4cccs4)c(=O)n3c2n1. The molecule has 5 heterocycles. The van der Waals surface area contributed by atoms with Crippen LogP contribution in [0.3, 0.4) is 0 Å². The van der Waals surface area contributed by atoms with Crippen LogP contribution in [-0.4, -0.2) is 29.5 Å². The van der Waals surface area contributed by atoms with Crippen molar-refractivity contribution in [2.75, 3.05) is 11.5 Å². The Labute approximate surface area is 171 Å². The topological polar surface area (TPSA) is 138 Å². The second-order valence-electron chi connectivity index (χ2n) is 5.98. The summed E-state index contributed by atoms with van der Waals surface area (Å²) in [6.45, 7) is 0. The van der Waals surface area contributed by atoms with Crippen LogP contribution in [-0.2, 0) is 0 Å². The molecule has 0 radical (unpaired) electrons. The van der Waals surface area contributed by atoms with Crippen molar-refractivity contribution in [1.82, 2.24) is 29.5 Å². The van der Waals surface area contributed by atoms with Gasteiger partial charge in [0.25, 0.3) is 11.3 Å². The Morgan fingerprint density at radius 2 is 1.79 bits per heavy atom. The molecule has 11 heteroatoms. The molecule has 0 aliphatic carbocycles. The second kappa shape index (κ2) is 6.72. The van der Waals surface area contributed by atoms with Gasteiger partial charge in [-0.3, -0.25) is 4.79 Å². The summed E-state index contributed by atoms with van der Waals surface area (Å²) in [6.07, 6.45) is 3.41. The molecule has 29 heavy (non-hydrogen) atoms. The highest BCUT2D eigenvalue weighted by Gasteiger charge is 2.19. The zero-order chi connectivity index (χ0) is 20.0. The highest BCUT2D eigenvalue weighted by atomic mass is 32.1. The summed E-state index contributed by atoms with van der Waals surface area (Å²) in [5.41, 5.74) is 12.5. The largest absolute Gasteiger partial charge is 0.383 e. The van der Waals surface area contributed by atoms with Crippen molar-refractivity contribution in [3.8, 4) is 10.6 Å². The third-order valence-electron chi connectivity index (χ3n) is 4.17. The number of nitrogens with two attached hydrogens (primary N) is 2. The monoisotopic (exact) mass is 420 g/mol. The van der Waals surface area contributed by atoms with Gasteiger partial charge >= 0.3 is 0 Å². The van der Waals surface area contributed by atoms with E-state index in [0.717, 1.165) is 9.75 Å². The van der Waals surface area contributed by atoms with Crippen LogP contribution in [0, 0.1) is 0 Å². The van der Waals surface area contributed by atoms with Gasteiger partial charge in [-0.1, -0.05) is 12.1 Å². The molecule has 0 aromatic carbocycles. The number of nitrogens with zero attached hydrogens (tertiary/aromatic N) is 6. The fourth-order valence-corrected chi connectivity index (χ4v) is 4.26. The Morgan fingerprint density at radius 3 is 2.55 bits per heavy atom. The van der Waals surface area contributed by atoms with E-state index in [0.29, 0.717) is 11.1 Å². The minimum Gasteiger partial charge on any atom is -0.383 e. The van der Waals surface area contributed by atoms with Crippen LogP contribution in [0.15, 0.2) is 39.8 Å². The van der Waals surface area contributed by atoms with Crippen LogP contribution >= 0.6 is 22.7 Å². The van der Waals surface area contributed by atoms with E-state index in [2.05, 4.69) is 25.1 Å². The zero-order valence-corrected chi connectivity index (χ0v) is 16.3. The van der Waals surface area contributed by atoms with E-state index in [1.165, 1.54) is 15.7 Å². The lowest BCUT2D eigenvalue weighted by Crippen LogP contribution is -2.22. The standard InChI is InChI=1S/C18H12N8OS2/c19-14-12-13(11-4-2-8-29-11)21-18-25-24-10(6-5-9-3-1-7-28-9)16(27)26(18)15(12)23-17(20)22-14/h1-8H,(H4,19,20,22,23)/b6-5+. The van der Waals surface area contributed by atoms with Crippen molar-refractivity contribution >= 4 is 63.4 Å². The fraction of sp³-hybridized carbons (Fsp3) is 0. The van der Waals surface area contributed by atoms with Gasteiger partial charge in [-0.2, -0.15) is 9.97 Å². The normalized spacial score (nSPS) is 11.7. The Bertz CT molecular complexity index is 1440. The number of aromatic nitrogens is 6. The van der Waals surface area contributed by atoms with Crippen LogP contribution < -0.4 is 17.0 Å². The highest BCUT2D eigenvalue weighted by Crippen LogP contribution is 2.32. The number of nitrogen functional groups attached to an aromatic ring is 2. The second-order valence-corrected chi connectivity index (χ2v) is 7.90. The van der Waals surface area contributed by atoms with Gasteiger partial charge in [0, 0.05) is 4.88 Å². The summed E-state index contributed by atoms with van der Waals surface area (Å²) in [5, 5.41) is 12.5. The molecule has 142 valence electrons. The molecule has 5 rings (SSSR count). The van der Waals surface area contributed by atoms with Crippen molar-refractivity contribution in [3.63, 3.8) is 0 Å². The predicted octanol–water partition coefficient (Wildman–Crippen LogP) is 2.55. The Hall–Kier alpha value is -3.70. The summed E-state index contributed by atoms with van der Waals surface area (Å²) in [6, 6.07) is 7.65. The van der Waals surface area contributed by atoms with Gasteiger partial charge in [0.05, 0.1) is 16.0 Å². The van der Waals surface area contributed by atoms with Crippen molar-refractivity contribution in [2.24, 2.45) is 0 Å². The van der Waals surface area contributed by atoms with Crippen molar-refractivity contribution in [2.45, 2.75) is 0 Å². The number of thiophene rings is 2. The van der Waals surface area contributed by atoms with E-state index in [1.54, 1.807) is 23.5 Å². The summed E-state index contributed by atoms with van der Waals surface area (Å²) >= 11 is 3.03. The van der Waals surface area contributed by atoms with Gasteiger partial charge in [0.15, 0.2) is 11.3 Å². The van der Waals surface area contributed by atoms with E-state index in [4.69, 9.17) is 11.5 Å². The first-order valence-corrected chi connectivity index (χ1v) is 10.2. The maximum Gasteiger partial charge on any atom is 0.287 e. The fourth-order valence-electron chi connectivity index (χ4n) is 2.93. The lowest BCUT2D eigenvalue weighted by atomic mass is 10.2. The quantitative estimate of drug-likeness (QED) is 0.425. The average Bonchev–Trinajstić information content (AvgIpc) is 3.40. The minimum absolute atomic E-state index is 0.0426. The number of rotatable bonds is 3. The van der Waals surface area contributed by atoms with Crippen LogP contribution in [0.25, 0.3) is 39.5 Å². The lowest BCUT2D eigenvalue weighted by Gasteiger charge is -2.10. The molecule has 0 saturated heterocycles. The van der Waals surface area contributed by atoms with E-state index in [9.17, 15) is 4.79 Å². The zero-order valence-electron chi connectivity index (χ0n) is 14.7. The summed E-state index contributed by atoms with van der Waals surface area (Å²) in [4.78, 5) is 27.8. The molecule has 0 aliphatic rings. The molecule has 0 saturated carbocycles. The van der Waals surface area contributed by atoms with Crippen LogP contribution in [0.2, 0.25) is 0 Å². The summed E-state index contributed by atoms with van der Waals surface area (Å²) < 4.78 is 1.27. The van der Waals surface area contributed by atoms with Crippen LogP contribution in [0.4, 0.5) is 11.8 Å². The molecule has 0 spiro atoms. The third-order valence-corrected chi connectivity index (χ3v) is 5.88. The van der Waals surface area contributed by atoms with Gasteiger partial charge < -0.3 is 11.5 Å². The maximum absolute atomic E-state index is 13.2. The smallest absolute Gasteiger partial charge is 0.287 e. The molecular formula is C18H12N8OS2. The molecule has 4 N–H and O–H groups in total. The van der Waals surface area contributed by atoms with Crippen LogP contribution in [0.5, 0.6) is 0 Å². The van der Waals surface area contributed by atoms with E-state index < -0.39 is 5.56 Å². The molecule has 0 unspecified atom stereocenters. The average molecular weight is 420 g/mol. The van der Waals surface area contributed by atoms with Gasteiger partial charge in [-0.05, 0) is 35.0 Å². The lowest BCUT2D eigenvalue weighted by molar-refractivity contribution is 0.906. The molecular weight excluding hydrogens is 408 g/mol.